The van der Waals surface area contributed by atoms with Gasteiger partial charge in [0.1, 0.15) is 11.4 Å². The zero-order chi connectivity index (χ0) is 18.5. The van der Waals surface area contributed by atoms with Crippen LogP contribution < -0.4 is 11.1 Å². The second-order valence-electron chi connectivity index (χ2n) is 6.28. The number of nitrogens with two attached hydrogens (primary N) is 1. The molecule has 0 bridgehead atoms. The summed E-state index contributed by atoms with van der Waals surface area (Å²) in [5.74, 6) is -0.224. The summed E-state index contributed by atoms with van der Waals surface area (Å²) in [6.07, 6.45) is 0.446. The van der Waals surface area contributed by atoms with Crippen LogP contribution in [-0.2, 0) is 21.2 Å². The predicted octanol–water partition coefficient (Wildman–Crippen LogP) is 2.09. The van der Waals surface area contributed by atoms with Crippen LogP contribution in [-0.4, -0.2) is 38.2 Å². The largest absolute Gasteiger partial charge is 0.444 e. The van der Waals surface area contributed by atoms with E-state index in [1.165, 1.54) is 0 Å². The number of carbonyl (C=O) groups is 1. The Morgan fingerprint density at radius 3 is 2.33 bits per heavy atom. The normalized spacial score (nSPS) is 14.1. The minimum atomic E-state index is -3.69. The Kier molecular flexibility index (Phi) is 6.62. The van der Waals surface area contributed by atoms with Crippen LogP contribution in [0.5, 0.6) is 0 Å². The molecule has 0 spiro atoms. The van der Waals surface area contributed by atoms with E-state index >= 15 is 0 Å². The molecule has 0 radical (unpaired) electrons. The van der Waals surface area contributed by atoms with Crippen molar-refractivity contribution in [1.82, 2.24) is 5.32 Å². The van der Waals surface area contributed by atoms with Crippen LogP contribution in [0.25, 0.3) is 0 Å². The number of rotatable bonds is 5. The summed E-state index contributed by atoms with van der Waals surface area (Å²) in [6.45, 7) is 5.15. The molecule has 0 saturated carbocycles. The Morgan fingerprint density at radius 2 is 1.88 bits per heavy atom. The molecule has 0 aliphatic rings. The molecule has 1 rings (SSSR count). The van der Waals surface area contributed by atoms with E-state index in [1.54, 1.807) is 45.0 Å². The summed E-state index contributed by atoms with van der Waals surface area (Å²) in [6, 6.07) is 6.03. The molecule has 0 aliphatic heterocycles. The lowest BCUT2D eigenvalue weighted by atomic mass is 10.1. The first kappa shape index (κ1) is 20.2. The molecule has 1 atom stereocenters. The zero-order valence-electron chi connectivity index (χ0n) is 14.0. The molecule has 3 N–H and O–H groups in total. The minimum Gasteiger partial charge on any atom is -0.444 e. The highest BCUT2D eigenvalue weighted by atomic mass is 35.5. The summed E-state index contributed by atoms with van der Waals surface area (Å²) < 4.78 is 31.3. The number of nitrogens with zero attached hydrogens (tertiary/aromatic N) is 1. The Hall–Kier alpha value is -1.80. The zero-order valence-corrected chi connectivity index (χ0v) is 15.6. The maximum absolute atomic E-state index is 12.0. The Labute approximate surface area is 147 Å². The van der Waals surface area contributed by atoms with Crippen molar-refractivity contribution in [2.75, 3.05) is 6.26 Å². The van der Waals surface area contributed by atoms with E-state index < -0.39 is 27.8 Å². The number of alkyl carbamates (subject to hydrolysis) is 1. The van der Waals surface area contributed by atoms with Gasteiger partial charge in [-0.1, -0.05) is 23.7 Å². The molecule has 0 heterocycles. The summed E-state index contributed by atoms with van der Waals surface area (Å²) in [4.78, 5) is 12.0. The quantitative estimate of drug-likeness (QED) is 0.604. The first-order valence-corrected chi connectivity index (χ1v) is 9.37. The van der Waals surface area contributed by atoms with Crippen molar-refractivity contribution in [1.29, 1.82) is 0 Å². The third-order valence-electron chi connectivity index (χ3n) is 2.67. The van der Waals surface area contributed by atoms with Crippen LogP contribution in [0.1, 0.15) is 26.3 Å². The van der Waals surface area contributed by atoms with Gasteiger partial charge in [-0.25, -0.2) is 13.2 Å². The number of ether oxygens (including phenoxy) is 1. The molecule has 9 heteroatoms. The van der Waals surface area contributed by atoms with Gasteiger partial charge in [0, 0.05) is 11.4 Å². The fraction of sp³-hybridized carbons (Fsp3) is 0.467. The molecule has 0 saturated heterocycles. The average Bonchev–Trinajstić information content (AvgIpc) is 2.36. The van der Waals surface area contributed by atoms with Crippen LogP contribution in [0.3, 0.4) is 0 Å². The maximum atomic E-state index is 12.0. The summed E-state index contributed by atoms with van der Waals surface area (Å²) in [5.41, 5.74) is 5.87. The smallest absolute Gasteiger partial charge is 0.408 e. The van der Waals surface area contributed by atoms with Gasteiger partial charge < -0.3 is 15.8 Å². The van der Waals surface area contributed by atoms with E-state index in [2.05, 4.69) is 9.71 Å². The Bertz CT molecular complexity index is 709. The van der Waals surface area contributed by atoms with Crippen LogP contribution in [0, 0.1) is 0 Å². The Balaban J connectivity index is 3.00. The van der Waals surface area contributed by atoms with Gasteiger partial charge in [0.15, 0.2) is 0 Å². The number of hydrogen-bond acceptors (Lipinski definition) is 4. The molecule has 1 aromatic rings. The van der Waals surface area contributed by atoms with Crippen molar-refractivity contribution in [3.05, 3.63) is 34.9 Å². The highest BCUT2D eigenvalue weighted by Crippen LogP contribution is 2.12. The number of nitrogens with one attached hydrogen (secondary N) is 1. The molecule has 1 amide bonds. The predicted molar refractivity (Wildman–Crippen MR) is 94.8 cm³/mol. The van der Waals surface area contributed by atoms with Crippen molar-refractivity contribution < 1.29 is 17.9 Å². The van der Waals surface area contributed by atoms with E-state index in [1.807, 2.05) is 0 Å². The second-order valence-corrected chi connectivity index (χ2v) is 8.36. The van der Waals surface area contributed by atoms with Crippen LogP contribution >= 0.6 is 11.6 Å². The van der Waals surface area contributed by atoms with Crippen LogP contribution in [0.4, 0.5) is 4.79 Å². The standard InChI is InChI=1S/C15H22ClN3O4S/c1-15(2,3)23-14(20)18-12(13(17)19-24(4,21)22)9-10-5-7-11(16)8-6-10/h5-8,12H,9H2,1-4H3,(H2,17,19)(H,18,20)/t12-/m0/s1. The number of amides is 1. The summed E-state index contributed by atoms with van der Waals surface area (Å²) in [7, 11) is -3.69. The lowest BCUT2D eigenvalue weighted by Gasteiger charge is -2.23. The van der Waals surface area contributed by atoms with E-state index in [9.17, 15) is 13.2 Å². The van der Waals surface area contributed by atoms with Crippen molar-refractivity contribution in [3.63, 3.8) is 0 Å². The van der Waals surface area contributed by atoms with Gasteiger partial charge in [-0.15, -0.1) is 4.40 Å². The molecule has 0 aliphatic carbocycles. The Morgan fingerprint density at radius 1 is 1.33 bits per heavy atom. The van der Waals surface area contributed by atoms with E-state index in [0.717, 1.165) is 11.8 Å². The van der Waals surface area contributed by atoms with E-state index in [0.29, 0.717) is 5.02 Å². The molecule has 134 valence electrons. The summed E-state index contributed by atoms with van der Waals surface area (Å²) in [5, 5.41) is 3.11. The molecule has 0 unspecified atom stereocenters. The highest BCUT2D eigenvalue weighted by Gasteiger charge is 2.23. The number of halogens is 1. The lowest BCUT2D eigenvalue weighted by Crippen LogP contribution is -2.48. The van der Waals surface area contributed by atoms with E-state index in [-0.39, 0.29) is 12.3 Å². The fourth-order valence-corrected chi connectivity index (χ4v) is 2.43. The third kappa shape index (κ3) is 8.16. The van der Waals surface area contributed by atoms with Crippen molar-refractivity contribution in [2.45, 2.75) is 38.8 Å². The monoisotopic (exact) mass is 375 g/mol. The molecule has 1 aromatic carbocycles. The lowest BCUT2D eigenvalue weighted by molar-refractivity contribution is 0.0517. The number of amidine groups is 1. The van der Waals surface area contributed by atoms with Gasteiger partial charge in [0.25, 0.3) is 10.0 Å². The van der Waals surface area contributed by atoms with Crippen molar-refractivity contribution in [2.24, 2.45) is 10.1 Å². The topological polar surface area (TPSA) is 111 Å². The minimum absolute atomic E-state index is 0.224. The first-order valence-electron chi connectivity index (χ1n) is 7.15. The molecule has 7 nitrogen and oxygen atoms in total. The molecule has 0 fully saturated rings. The molecule has 24 heavy (non-hydrogen) atoms. The first-order chi connectivity index (χ1) is 10.9. The van der Waals surface area contributed by atoms with E-state index in [4.69, 9.17) is 22.1 Å². The average molecular weight is 376 g/mol. The highest BCUT2D eigenvalue weighted by molar-refractivity contribution is 7.89. The van der Waals surface area contributed by atoms with Gasteiger partial charge in [-0.3, -0.25) is 0 Å². The van der Waals surface area contributed by atoms with Gasteiger partial charge in [0.2, 0.25) is 0 Å². The fourth-order valence-electron chi connectivity index (χ4n) is 1.79. The SMILES string of the molecule is CC(C)(C)OC(=O)N[C@@H](Cc1ccc(Cl)cc1)/C(N)=N/S(C)(=O)=O. The van der Waals surface area contributed by atoms with Crippen molar-refractivity contribution in [3.8, 4) is 0 Å². The number of carbonyl (C=O) groups excluding carboxylic acids is 1. The molecular formula is C15H22ClN3O4S. The van der Waals surface area contributed by atoms with Gasteiger partial charge in [0.05, 0.1) is 12.3 Å². The molecular weight excluding hydrogens is 354 g/mol. The second kappa shape index (κ2) is 7.85. The van der Waals surface area contributed by atoms with Crippen LogP contribution in [0.2, 0.25) is 5.02 Å². The van der Waals surface area contributed by atoms with Crippen LogP contribution in [0.15, 0.2) is 28.7 Å². The van der Waals surface area contributed by atoms with Gasteiger partial charge in [-0.05, 0) is 38.5 Å². The maximum Gasteiger partial charge on any atom is 0.408 e. The number of hydrogen-bond donors (Lipinski definition) is 2. The van der Waals surface area contributed by atoms with Gasteiger partial charge >= 0.3 is 6.09 Å². The number of sulfonamides is 1. The number of benzene rings is 1. The molecule has 0 aromatic heterocycles. The van der Waals surface area contributed by atoms with Crippen molar-refractivity contribution >= 4 is 33.6 Å². The van der Waals surface area contributed by atoms with Gasteiger partial charge in [-0.2, -0.15) is 0 Å². The summed E-state index contributed by atoms with van der Waals surface area (Å²) >= 11 is 5.84. The third-order valence-corrected chi connectivity index (χ3v) is 3.47.